The molecule has 0 radical (unpaired) electrons. The molecule has 7 heteroatoms. The fourth-order valence-corrected chi connectivity index (χ4v) is 2.04. The molecular formula is C11H11ClF2N2O2. The third kappa shape index (κ3) is 2.39. The summed E-state index contributed by atoms with van der Waals surface area (Å²) in [4.78, 5) is 11.6. The second-order valence-electron chi connectivity index (χ2n) is 3.78. The fourth-order valence-electron chi connectivity index (χ4n) is 1.81. The summed E-state index contributed by atoms with van der Waals surface area (Å²) in [6, 6.07) is 2.51. The summed E-state index contributed by atoms with van der Waals surface area (Å²) in [5.41, 5.74) is 1.20. The monoisotopic (exact) mass is 276 g/mol. The van der Waals surface area contributed by atoms with Gasteiger partial charge in [-0.25, -0.2) is 8.78 Å². The van der Waals surface area contributed by atoms with Crippen molar-refractivity contribution in [3.05, 3.63) is 22.7 Å². The van der Waals surface area contributed by atoms with Crippen LogP contribution in [0.2, 0.25) is 5.02 Å². The van der Waals surface area contributed by atoms with Crippen LogP contribution < -0.4 is 15.4 Å². The minimum Gasteiger partial charge on any atom is -0.486 e. The molecule has 1 aromatic carbocycles. The van der Waals surface area contributed by atoms with E-state index in [1.165, 1.54) is 12.1 Å². The number of nitrogens with one attached hydrogen (secondary N) is 2. The lowest BCUT2D eigenvalue weighted by atomic mass is 10.1. The molecule has 4 nitrogen and oxygen atoms in total. The molecule has 2 N–H and O–H groups in total. The van der Waals surface area contributed by atoms with Crippen LogP contribution in [0.5, 0.6) is 5.75 Å². The Bertz CT molecular complexity index is 482. The van der Waals surface area contributed by atoms with Crippen molar-refractivity contribution in [2.24, 2.45) is 0 Å². The van der Waals surface area contributed by atoms with Gasteiger partial charge >= 0.3 is 0 Å². The van der Waals surface area contributed by atoms with Crippen LogP contribution in [-0.2, 0) is 4.79 Å². The molecule has 18 heavy (non-hydrogen) atoms. The van der Waals surface area contributed by atoms with Gasteiger partial charge in [-0.2, -0.15) is 0 Å². The molecule has 1 heterocycles. The zero-order chi connectivity index (χ0) is 13.3. The van der Waals surface area contributed by atoms with Crippen molar-refractivity contribution in [2.45, 2.75) is 12.5 Å². The standard InChI is InChI=1S/C11H11ClF2N2O2/c1-15-10-5-2-6(12)8(18-4-9(13)14)3-7(5)16-11(10)17/h2-3,9-10,15H,4H2,1H3,(H,16,17). The number of hydrogen-bond donors (Lipinski definition) is 2. The minimum atomic E-state index is -2.58. The molecular weight excluding hydrogens is 266 g/mol. The van der Waals surface area contributed by atoms with Crippen LogP contribution in [0.1, 0.15) is 11.6 Å². The molecule has 0 bridgehead atoms. The third-order valence-electron chi connectivity index (χ3n) is 2.59. The van der Waals surface area contributed by atoms with Gasteiger partial charge in [-0.15, -0.1) is 0 Å². The summed E-state index contributed by atoms with van der Waals surface area (Å²) >= 11 is 5.92. The van der Waals surface area contributed by atoms with Crippen LogP contribution in [0.4, 0.5) is 14.5 Å². The average Bonchev–Trinajstić information content (AvgIpc) is 2.60. The van der Waals surface area contributed by atoms with Gasteiger partial charge in [-0.1, -0.05) is 11.6 Å². The van der Waals surface area contributed by atoms with Gasteiger partial charge in [0.25, 0.3) is 6.43 Å². The van der Waals surface area contributed by atoms with Crippen LogP contribution in [0, 0.1) is 0 Å². The quantitative estimate of drug-likeness (QED) is 0.886. The first-order valence-corrected chi connectivity index (χ1v) is 5.63. The Labute approximate surface area is 107 Å². The molecule has 1 atom stereocenters. The van der Waals surface area contributed by atoms with E-state index in [0.29, 0.717) is 11.3 Å². The molecule has 0 aliphatic carbocycles. The van der Waals surface area contributed by atoms with Gasteiger partial charge in [0.15, 0.2) is 0 Å². The van der Waals surface area contributed by atoms with E-state index in [0.717, 1.165) is 0 Å². The van der Waals surface area contributed by atoms with E-state index < -0.39 is 19.1 Å². The highest BCUT2D eigenvalue weighted by molar-refractivity contribution is 6.32. The summed E-state index contributed by atoms with van der Waals surface area (Å²) < 4.78 is 29.0. The van der Waals surface area contributed by atoms with Crippen LogP contribution in [0.25, 0.3) is 0 Å². The normalized spacial score (nSPS) is 17.8. The highest BCUT2D eigenvalue weighted by Crippen LogP contribution is 2.38. The van der Waals surface area contributed by atoms with Gasteiger partial charge in [0.2, 0.25) is 5.91 Å². The Morgan fingerprint density at radius 1 is 1.56 bits per heavy atom. The number of alkyl halides is 2. The van der Waals surface area contributed by atoms with Gasteiger partial charge in [-0.05, 0) is 13.1 Å². The van der Waals surface area contributed by atoms with Crippen molar-refractivity contribution in [3.63, 3.8) is 0 Å². The van der Waals surface area contributed by atoms with Gasteiger partial charge in [0.05, 0.1) is 5.02 Å². The lowest BCUT2D eigenvalue weighted by Gasteiger charge is -2.11. The van der Waals surface area contributed by atoms with E-state index in [9.17, 15) is 13.6 Å². The number of amides is 1. The van der Waals surface area contributed by atoms with Crippen LogP contribution in [-0.4, -0.2) is 26.0 Å². The molecule has 1 aliphatic rings. The Kier molecular flexibility index (Phi) is 3.68. The Morgan fingerprint density at radius 3 is 2.89 bits per heavy atom. The summed E-state index contributed by atoms with van der Waals surface area (Å²) in [6.07, 6.45) is -2.58. The van der Waals surface area contributed by atoms with E-state index in [4.69, 9.17) is 16.3 Å². The van der Waals surface area contributed by atoms with E-state index >= 15 is 0 Å². The Hall–Kier alpha value is -1.40. The van der Waals surface area contributed by atoms with E-state index in [-0.39, 0.29) is 16.7 Å². The second-order valence-corrected chi connectivity index (χ2v) is 4.19. The smallest absolute Gasteiger partial charge is 0.272 e. The SMILES string of the molecule is CNC1C(=O)Nc2cc(OCC(F)F)c(Cl)cc21. The maximum Gasteiger partial charge on any atom is 0.272 e. The number of ether oxygens (including phenoxy) is 1. The number of carbonyl (C=O) groups excluding carboxylic acids is 1. The predicted molar refractivity (Wildman–Crippen MR) is 63.4 cm³/mol. The first kappa shape index (κ1) is 13.0. The maximum atomic E-state index is 12.1. The highest BCUT2D eigenvalue weighted by atomic mass is 35.5. The molecule has 0 saturated carbocycles. The number of benzene rings is 1. The van der Waals surface area contributed by atoms with Crippen molar-refractivity contribution >= 4 is 23.2 Å². The first-order chi connectivity index (χ1) is 8.52. The molecule has 1 unspecified atom stereocenters. The van der Waals surface area contributed by atoms with Crippen molar-refractivity contribution in [2.75, 3.05) is 19.0 Å². The van der Waals surface area contributed by atoms with E-state index in [1.807, 2.05) is 0 Å². The van der Waals surface area contributed by atoms with Gasteiger partial charge in [0.1, 0.15) is 18.4 Å². The van der Waals surface area contributed by atoms with Crippen molar-refractivity contribution in [1.29, 1.82) is 0 Å². The van der Waals surface area contributed by atoms with Crippen LogP contribution in [0.15, 0.2) is 12.1 Å². The number of anilines is 1. The molecule has 0 saturated heterocycles. The van der Waals surface area contributed by atoms with Crippen molar-refractivity contribution in [1.82, 2.24) is 5.32 Å². The lowest BCUT2D eigenvalue weighted by Crippen LogP contribution is -2.23. The van der Waals surface area contributed by atoms with E-state index in [1.54, 1.807) is 7.05 Å². The largest absolute Gasteiger partial charge is 0.486 e. The maximum absolute atomic E-state index is 12.1. The minimum absolute atomic E-state index is 0.132. The first-order valence-electron chi connectivity index (χ1n) is 5.25. The third-order valence-corrected chi connectivity index (χ3v) is 2.88. The number of fused-ring (bicyclic) bond motifs is 1. The summed E-state index contributed by atoms with van der Waals surface area (Å²) in [5.74, 6) is -0.0812. The molecule has 1 aliphatic heterocycles. The van der Waals surface area contributed by atoms with Crippen molar-refractivity contribution in [3.8, 4) is 5.75 Å². The van der Waals surface area contributed by atoms with Gasteiger partial charge in [-0.3, -0.25) is 4.79 Å². The Morgan fingerprint density at radius 2 is 2.28 bits per heavy atom. The molecule has 1 aromatic rings. The molecule has 0 fully saturated rings. The number of rotatable bonds is 4. The number of halogens is 3. The van der Waals surface area contributed by atoms with Crippen LogP contribution >= 0.6 is 11.6 Å². The van der Waals surface area contributed by atoms with Gasteiger partial charge in [0, 0.05) is 17.3 Å². The predicted octanol–water partition coefficient (Wildman–Crippen LogP) is 2.20. The second kappa shape index (κ2) is 5.07. The molecule has 1 amide bonds. The zero-order valence-electron chi connectivity index (χ0n) is 9.47. The van der Waals surface area contributed by atoms with E-state index in [2.05, 4.69) is 10.6 Å². The number of carbonyl (C=O) groups is 1. The molecule has 0 aromatic heterocycles. The topological polar surface area (TPSA) is 50.4 Å². The number of likely N-dealkylation sites (N-methyl/N-ethyl adjacent to an activating group) is 1. The molecule has 0 spiro atoms. The molecule has 2 rings (SSSR count). The summed E-state index contributed by atoms with van der Waals surface area (Å²) in [5, 5.41) is 5.66. The fraction of sp³-hybridized carbons (Fsp3) is 0.364. The zero-order valence-corrected chi connectivity index (χ0v) is 10.2. The Balaban J connectivity index is 2.28. The highest BCUT2D eigenvalue weighted by Gasteiger charge is 2.30. The summed E-state index contributed by atoms with van der Waals surface area (Å²) in [6.45, 7) is -0.734. The molecule has 98 valence electrons. The number of hydrogen-bond acceptors (Lipinski definition) is 3. The average molecular weight is 277 g/mol. The lowest BCUT2D eigenvalue weighted by molar-refractivity contribution is -0.117. The summed E-state index contributed by atoms with van der Waals surface area (Å²) in [7, 11) is 1.65. The van der Waals surface area contributed by atoms with Gasteiger partial charge < -0.3 is 15.4 Å². The van der Waals surface area contributed by atoms with Crippen LogP contribution in [0.3, 0.4) is 0 Å². The van der Waals surface area contributed by atoms with Crippen molar-refractivity contribution < 1.29 is 18.3 Å².